The average Bonchev–Trinajstić information content (AvgIpc) is 2.73. The molecule has 1 rings (SSSR count). The van der Waals surface area contributed by atoms with Crippen molar-refractivity contribution in [2.24, 2.45) is 11.8 Å². The van der Waals surface area contributed by atoms with E-state index < -0.39 is 0 Å². The second kappa shape index (κ2) is 17.6. The molecule has 30 heavy (non-hydrogen) atoms. The number of carbonyl (C=O) groups is 2. The molecule has 0 saturated heterocycles. The van der Waals surface area contributed by atoms with Gasteiger partial charge >= 0.3 is 11.9 Å². The van der Waals surface area contributed by atoms with E-state index in [9.17, 15) is 9.59 Å². The molecule has 176 valence electrons. The number of hydrogen-bond acceptors (Lipinski definition) is 4. The van der Waals surface area contributed by atoms with Gasteiger partial charge in [-0.2, -0.15) is 0 Å². The predicted octanol–water partition coefficient (Wildman–Crippen LogP) is 7.38. The molecule has 1 aliphatic carbocycles. The Morgan fingerprint density at radius 1 is 0.700 bits per heavy atom. The maximum Gasteiger partial charge on any atom is 0.310 e. The van der Waals surface area contributed by atoms with Gasteiger partial charge in [-0.1, -0.05) is 96.8 Å². The number of carbonyl (C=O) groups excluding carboxylic acids is 2. The molecule has 1 fully saturated rings. The topological polar surface area (TPSA) is 52.6 Å². The van der Waals surface area contributed by atoms with Crippen molar-refractivity contribution in [3.05, 3.63) is 0 Å². The first-order valence-electron chi connectivity index (χ1n) is 12.9. The SMILES string of the molecule is CCCCCCCCCCCCCCCOC(=O)C1CCCCC1C(=O)OC(C)C. The van der Waals surface area contributed by atoms with Gasteiger partial charge in [-0.05, 0) is 33.1 Å². The fourth-order valence-electron chi connectivity index (χ4n) is 4.41. The molecule has 0 spiro atoms. The maximum atomic E-state index is 12.5. The number of unbranched alkanes of at least 4 members (excludes halogenated alkanes) is 12. The summed E-state index contributed by atoms with van der Waals surface area (Å²) in [5.74, 6) is -1.06. The molecular weight excluding hydrogens is 376 g/mol. The molecule has 0 bridgehead atoms. The Balaban J connectivity index is 2.02. The van der Waals surface area contributed by atoms with Crippen LogP contribution in [0, 0.1) is 11.8 Å². The van der Waals surface area contributed by atoms with E-state index in [0.717, 1.165) is 38.5 Å². The number of esters is 2. The minimum absolute atomic E-state index is 0.137. The summed E-state index contributed by atoms with van der Waals surface area (Å²) in [6.45, 7) is 6.45. The summed E-state index contributed by atoms with van der Waals surface area (Å²) in [6.07, 6.45) is 20.3. The highest BCUT2D eigenvalue weighted by Crippen LogP contribution is 2.32. The van der Waals surface area contributed by atoms with Crippen LogP contribution in [0.2, 0.25) is 0 Å². The second-order valence-corrected chi connectivity index (χ2v) is 9.39. The van der Waals surface area contributed by atoms with E-state index in [4.69, 9.17) is 9.47 Å². The van der Waals surface area contributed by atoms with Crippen LogP contribution in [0.1, 0.15) is 130 Å². The van der Waals surface area contributed by atoms with Gasteiger partial charge in [-0.15, -0.1) is 0 Å². The number of hydrogen-bond donors (Lipinski definition) is 0. The van der Waals surface area contributed by atoms with Crippen molar-refractivity contribution in [1.82, 2.24) is 0 Å². The summed E-state index contributed by atoms with van der Waals surface area (Å²) >= 11 is 0. The highest BCUT2D eigenvalue weighted by molar-refractivity contribution is 5.82. The fourth-order valence-corrected chi connectivity index (χ4v) is 4.41. The Morgan fingerprint density at radius 2 is 1.13 bits per heavy atom. The monoisotopic (exact) mass is 424 g/mol. The number of rotatable bonds is 17. The zero-order chi connectivity index (χ0) is 22.0. The largest absolute Gasteiger partial charge is 0.465 e. The molecule has 2 unspecified atom stereocenters. The van der Waals surface area contributed by atoms with Crippen LogP contribution in [0.4, 0.5) is 0 Å². The summed E-state index contributed by atoms with van der Waals surface area (Å²) in [6, 6.07) is 0. The van der Waals surface area contributed by atoms with Crippen LogP contribution in [0.15, 0.2) is 0 Å². The molecule has 4 heteroatoms. The Kier molecular flexibility index (Phi) is 15.8. The molecular formula is C26H48O4. The maximum absolute atomic E-state index is 12.5. The molecule has 0 aliphatic heterocycles. The van der Waals surface area contributed by atoms with Gasteiger partial charge in [0.15, 0.2) is 0 Å². The van der Waals surface area contributed by atoms with Crippen LogP contribution in [-0.2, 0) is 19.1 Å². The van der Waals surface area contributed by atoms with Crippen molar-refractivity contribution in [1.29, 1.82) is 0 Å². The van der Waals surface area contributed by atoms with Gasteiger partial charge in [0.25, 0.3) is 0 Å². The van der Waals surface area contributed by atoms with Crippen molar-refractivity contribution in [3.63, 3.8) is 0 Å². The van der Waals surface area contributed by atoms with Crippen LogP contribution >= 0.6 is 0 Å². The van der Waals surface area contributed by atoms with E-state index in [1.54, 1.807) is 0 Å². The van der Waals surface area contributed by atoms with Gasteiger partial charge in [0.1, 0.15) is 0 Å². The van der Waals surface area contributed by atoms with Gasteiger partial charge in [-0.3, -0.25) is 9.59 Å². The lowest BCUT2D eigenvalue weighted by Gasteiger charge is -2.28. The molecule has 0 heterocycles. The van der Waals surface area contributed by atoms with E-state index in [1.165, 1.54) is 70.6 Å². The van der Waals surface area contributed by atoms with Crippen molar-refractivity contribution in [2.75, 3.05) is 6.61 Å². The molecule has 0 aromatic rings. The molecule has 0 N–H and O–H groups in total. The van der Waals surface area contributed by atoms with E-state index in [0.29, 0.717) is 6.61 Å². The third kappa shape index (κ3) is 12.6. The van der Waals surface area contributed by atoms with Gasteiger partial charge in [0.05, 0.1) is 24.5 Å². The van der Waals surface area contributed by atoms with Gasteiger partial charge in [0, 0.05) is 0 Å². The Hall–Kier alpha value is -1.06. The highest BCUT2D eigenvalue weighted by atomic mass is 16.5. The number of ether oxygens (including phenoxy) is 2. The van der Waals surface area contributed by atoms with Gasteiger partial charge < -0.3 is 9.47 Å². The Labute approximate surface area is 185 Å². The lowest BCUT2D eigenvalue weighted by Crippen LogP contribution is -2.36. The zero-order valence-electron chi connectivity index (χ0n) is 20.1. The molecule has 1 saturated carbocycles. The fraction of sp³-hybridized carbons (Fsp3) is 0.923. The van der Waals surface area contributed by atoms with Crippen molar-refractivity contribution in [3.8, 4) is 0 Å². The molecule has 0 aromatic carbocycles. The van der Waals surface area contributed by atoms with Crippen LogP contribution in [0.25, 0.3) is 0 Å². The molecule has 0 aromatic heterocycles. The predicted molar refractivity (Wildman–Crippen MR) is 123 cm³/mol. The molecule has 2 atom stereocenters. The summed E-state index contributed by atoms with van der Waals surface area (Å²) < 4.78 is 10.9. The Bertz CT molecular complexity index is 446. The first-order valence-corrected chi connectivity index (χ1v) is 12.9. The van der Waals surface area contributed by atoms with E-state index >= 15 is 0 Å². The minimum atomic E-state index is -0.319. The van der Waals surface area contributed by atoms with Crippen molar-refractivity contribution >= 4 is 11.9 Å². The quantitative estimate of drug-likeness (QED) is 0.180. The minimum Gasteiger partial charge on any atom is -0.465 e. The van der Waals surface area contributed by atoms with Gasteiger partial charge in [-0.25, -0.2) is 0 Å². The summed E-state index contributed by atoms with van der Waals surface area (Å²) in [7, 11) is 0. The van der Waals surface area contributed by atoms with Crippen LogP contribution in [0.5, 0.6) is 0 Å². The molecule has 0 radical (unpaired) electrons. The summed E-state index contributed by atoms with van der Waals surface area (Å²) in [4.78, 5) is 24.8. The summed E-state index contributed by atoms with van der Waals surface area (Å²) in [5, 5.41) is 0. The highest BCUT2D eigenvalue weighted by Gasteiger charge is 2.38. The van der Waals surface area contributed by atoms with Gasteiger partial charge in [0.2, 0.25) is 0 Å². The normalized spacial score (nSPS) is 19.1. The van der Waals surface area contributed by atoms with E-state index in [-0.39, 0.29) is 29.9 Å². The first kappa shape index (κ1) is 27.0. The van der Waals surface area contributed by atoms with Crippen LogP contribution in [-0.4, -0.2) is 24.6 Å². The third-order valence-corrected chi connectivity index (χ3v) is 6.22. The van der Waals surface area contributed by atoms with E-state index in [1.807, 2.05) is 13.8 Å². The average molecular weight is 425 g/mol. The second-order valence-electron chi connectivity index (χ2n) is 9.39. The van der Waals surface area contributed by atoms with Crippen LogP contribution in [0.3, 0.4) is 0 Å². The van der Waals surface area contributed by atoms with Crippen LogP contribution < -0.4 is 0 Å². The molecule has 4 nitrogen and oxygen atoms in total. The van der Waals surface area contributed by atoms with Crippen molar-refractivity contribution in [2.45, 2.75) is 136 Å². The molecule has 1 aliphatic rings. The smallest absolute Gasteiger partial charge is 0.310 e. The van der Waals surface area contributed by atoms with E-state index in [2.05, 4.69) is 6.92 Å². The molecule has 0 amide bonds. The standard InChI is InChI=1S/C26H48O4/c1-4-5-6-7-8-9-10-11-12-13-14-15-18-21-29-25(27)23-19-16-17-20-24(23)26(28)30-22(2)3/h22-24H,4-21H2,1-3H3. The zero-order valence-corrected chi connectivity index (χ0v) is 20.1. The lowest BCUT2D eigenvalue weighted by atomic mass is 9.79. The summed E-state index contributed by atoms with van der Waals surface area (Å²) in [5.41, 5.74) is 0. The lowest BCUT2D eigenvalue weighted by molar-refractivity contribution is -0.165. The third-order valence-electron chi connectivity index (χ3n) is 6.22. The first-order chi connectivity index (χ1) is 14.6. The Morgan fingerprint density at radius 3 is 1.60 bits per heavy atom. The van der Waals surface area contributed by atoms with Crippen molar-refractivity contribution < 1.29 is 19.1 Å².